The van der Waals surface area contributed by atoms with Gasteiger partial charge in [-0.2, -0.15) is 0 Å². The van der Waals surface area contributed by atoms with E-state index in [-0.39, 0.29) is 16.5 Å². The first-order valence-corrected chi connectivity index (χ1v) is 9.08. The molecule has 1 aromatic carbocycles. The largest absolute Gasteiger partial charge is 0.452 e. The van der Waals surface area contributed by atoms with Crippen LogP contribution in [-0.2, 0) is 19.4 Å². The van der Waals surface area contributed by atoms with E-state index in [0.29, 0.717) is 18.6 Å². The van der Waals surface area contributed by atoms with Crippen LogP contribution in [0, 0.1) is 11.6 Å². The normalized spacial score (nSPS) is 19.1. The average Bonchev–Trinajstić information content (AvgIpc) is 2.87. The van der Waals surface area contributed by atoms with Crippen LogP contribution >= 0.6 is 11.6 Å². The second kappa shape index (κ2) is 7.02. The van der Waals surface area contributed by atoms with Gasteiger partial charge in [0.2, 0.25) is 0 Å². The quantitative estimate of drug-likeness (QED) is 0.582. The molecule has 1 aromatic rings. The van der Waals surface area contributed by atoms with Crippen LogP contribution in [0.15, 0.2) is 12.1 Å². The van der Waals surface area contributed by atoms with E-state index in [4.69, 9.17) is 16.3 Å². The Kier molecular flexibility index (Phi) is 5.44. The number of nitrogens with zero attached hydrogens (tertiary/aromatic N) is 1. The van der Waals surface area contributed by atoms with Gasteiger partial charge in [0.1, 0.15) is 0 Å². The topological polar surface area (TPSA) is 80.8 Å². The highest BCUT2D eigenvalue weighted by atomic mass is 35.5. The van der Waals surface area contributed by atoms with E-state index in [2.05, 4.69) is 0 Å². The van der Waals surface area contributed by atoms with Crippen molar-refractivity contribution in [3.8, 4) is 0 Å². The highest BCUT2D eigenvalue weighted by Crippen LogP contribution is 2.21. The number of ether oxygens (including phenoxy) is 1. The summed E-state index contributed by atoms with van der Waals surface area (Å²) < 4.78 is 53.7. The molecule has 2 rings (SSSR count). The van der Waals surface area contributed by atoms with Gasteiger partial charge in [0.25, 0.3) is 5.91 Å². The van der Waals surface area contributed by atoms with Gasteiger partial charge in [-0.25, -0.2) is 22.0 Å². The molecule has 1 aliphatic heterocycles. The fraction of sp³-hybridized carbons (Fsp3) is 0.429. The van der Waals surface area contributed by atoms with Gasteiger partial charge in [0, 0.05) is 13.1 Å². The van der Waals surface area contributed by atoms with Crippen molar-refractivity contribution in [2.75, 3.05) is 25.2 Å². The number of halogens is 3. The first kappa shape index (κ1) is 18.6. The number of carbonyl (C=O) groups is 2. The van der Waals surface area contributed by atoms with Crippen molar-refractivity contribution in [3.63, 3.8) is 0 Å². The minimum atomic E-state index is -3.16. The summed E-state index contributed by atoms with van der Waals surface area (Å²) in [5.74, 6) is -4.32. The summed E-state index contributed by atoms with van der Waals surface area (Å²) in [5.41, 5.74) is -0.408. The molecule has 1 saturated heterocycles. The highest BCUT2D eigenvalue weighted by Gasteiger charge is 2.33. The third kappa shape index (κ3) is 4.21. The standard InChI is InChI=1S/C14H14ClF2NO5S/c1-18(8-2-3-24(21,22)7-8)13(19)6-23-14(20)9-4-11(16)12(17)5-10(9)15/h4-5,8H,2-3,6-7H2,1H3/t8-/m1/s1. The van der Waals surface area contributed by atoms with E-state index in [1.165, 1.54) is 11.9 Å². The fourth-order valence-electron chi connectivity index (χ4n) is 2.27. The summed E-state index contributed by atoms with van der Waals surface area (Å²) in [6, 6.07) is 0.732. The van der Waals surface area contributed by atoms with Crippen LogP contribution in [0.1, 0.15) is 16.8 Å². The molecule has 6 nitrogen and oxygen atoms in total. The molecule has 0 saturated carbocycles. The van der Waals surface area contributed by atoms with Gasteiger partial charge in [-0.05, 0) is 18.6 Å². The number of benzene rings is 1. The Hall–Kier alpha value is -1.74. The van der Waals surface area contributed by atoms with Crippen LogP contribution in [-0.4, -0.2) is 56.4 Å². The number of rotatable bonds is 4. The van der Waals surface area contributed by atoms with Gasteiger partial charge < -0.3 is 9.64 Å². The summed E-state index contributed by atoms with van der Waals surface area (Å²) in [5, 5.41) is -0.346. The van der Waals surface area contributed by atoms with Crippen molar-refractivity contribution in [2.24, 2.45) is 0 Å². The summed E-state index contributed by atoms with van der Waals surface area (Å²) in [6.07, 6.45) is 0.313. The van der Waals surface area contributed by atoms with Crippen LogP contribution in [0.3, 0.4) is 0 Å². The number of sulfone groups is 1. The molecule has 24 heavy (non-hydrogen) atoms. The zero-order valence-electron chi connectivity index (χ0n) is 12.6. The summed E-state index contributed by atoms with van der Waals surface area (Å²) >= 11 is 5.64. The maximum Gasteiger partial charge on any atom is 0.340 e. The maximum absolute atomic E-state index is 13.2. The van der Waals surface area contributed by atoms with E-state index < -0.39 is 51.6 Å². The van der Waals surface area contributed by atoms with Crippen molar-refractivity contribution >= 4 is 33.3 Å². The van der Waals surface area contributed by atoms with Crippen molar-refractivity contribution in [1.82, 2.24) is 4.90 Å². The van der Waals surface area contributed by atoms with Gasteiger partial charge in [-0.15, -0.1) is 0 Å². The van der Waals surface area contributed by atoms with E-state index in [1.807, 2.05) is 0 Å². The monoisotopic (exact) mass is 381 g/mol. The minimum absolute atomic E-state index is 0.000458. The fourth-order valence-corrected chi connectivity index (χ4v) is 4.27. The maximum atomic E-state index is 13.2. The summed E-state index contributed by atoms with van der Waals surface area (Å²) in [7, 11) is -1.75. The number of hydrogen-bond acceptors (Lipinski definition) is 5. The van der Waals surface area contributed by atoms with Gasteiger partial charge in [0.05, 0.1) is 22.1 Å². The van der Waals surface area contributed by atoms with Crippen LogP contribution in [0.5, 0.6) is 0 Å². The molecule has 10 heteroatoms. The lowest BCUT2D eigenvalue weighted by atomic mass is 10.2. The molecule has 1 heterocycles. The van der Waals surface area contributed by atoms with E-state index in [1.54, 1.807) is 0 Å². The van der Waals surface area contributed by atoms with Crippen molar-refractivity contribution in [1.29, 1.82) is 0 Å². The molecule has 0 aromatic heterocycles. The molecule has 0 bridgehead atoms. The van der Waals surface area contributed by atoms with Crippen molar-refractivity contribution in [3.05, 3.63) is 34.4 Å². The Morgan fingerprint density at radius 1 is 1.33 bits per heavy atom. The SMILES string of the molecule is CN(C(=O)COC(=O)c1cc(F)c(F)cc1Cl)[C@@H]1CCS(=O)(=O)C1. The van der Waals surface area contributed by atoms with Crippen LogP contribution in [0.25, 0.3) is 0 Å². The van der Waals surface area contributed by atoms with E-state index in [0.717, 1.165) is 0 Å². The van der Waals surface area contributed by atoms with Gasteiger partial charge in [-0.3, -0.25) is 4.79 Å². The number of hydrogen-bond donors (Lipinski definition) is 0. The molecule has 0 N–H and O–H groups in total. The molecule has 0 spiro atoms. The lowest BCUT2D eigenvalue weighted by Gasteiger charge is -2.23. The average molecular weight is 382 g/mol. The number of carbonyl (C=O) groups excluding carboxylic acids is 2. The van der Waals surface area contributed by atoms with Crippen LogP contribution in [0.4, 0.5) is 8.78 Å². The molecule has 0 radical (unpaired) electrons. The van der Waals surface area contributed by atoms with Gasteiger partial charge >= 0.3 is 5.97 Å². The molecule has 1 aliphatic rings. The Morgan fingerprint density at radius 2 is 1.96 bits per heavy atom. The molecular weight excluding hydrogens is 368 g/mol. The lowest BCUT2D eigenvalue weighted by Crippen LogP contribution is -2.40. The first-order valence-electron chi connectivity index (χ1n) is 6.88. The summed E-state index contributed by atoms with van der Waals surface area (Å²) in [4.78, 5) is 25.0. The zero-order valence-corrected chi connectivity index (χ0v) is 14.2. The number of amides is 1. The minimum Gasteiger partial charge on any atom is -0.452 e. The predicted octanol–water partition coefficient (Wildman–Crippen LogP) is 1.42. The molecule has 132 valence electrons. The molecule has 0 unspecified atom stereocenters. The smallest absolute Gasteiger partial charge is 0.340 e. The van der Waals surface area contributed by atoms with Crippen LogP contribution in [0.2, 0.25) is 5.02 Å². The van der Waals surface area contributed by atoms with E-state index >= 15 is 0 Å². The Labute approximate surface area is 142 Å². The van der Waals surface area contributed by atoms with Gasteiger partial charge in [-0.1, -0.05) is 11.6 Å². The molecule has 1 atom stereocenters. The number of esters is 1. The first-order chi connectivity index (χ1) is 11.1. The Morgan fingerprint density at radius 3 is 2.54 bits per heavy atom. The summed E-state index contributed by atoms with van der Waals surface area (Å²) in [6.45, 7) is -0.665. The van der Waals surface area contributed by atoms with Crippen LogP contribution < -0.4 is 0 Å². The molecule has 0 aliphatic carbocycles. The van der Waals surface area contributed by atoms with Crippen molar-refractivity contribution < 1.29 is 31.5 Å². The van der Waals surface area contributed by atoms with Crippen molar-refractivity contribution in [2.45, 2.75) is 12.5 Å². The molecule has 1 fully saturated rings. The Bertz CT molecular complexity index is 784. The molecular formula is C14H14ClF2NO5S. The number of likely N-dealkylation sites (N-methyl/N-ethyl adjacent to an activating group) is 1. The third-order valence-corrected chi connectivity index (χ3v) is 5.77. The highest BCUT2D eigenvalue weighted by molar-refractivity contribution is 7.91. The molecule has 1 amide bonds. The Balaban J connectivity index is 1.96. The second-order valence-corrected chi connectivity index (χ2v) is 8.02. The van der Waals surface area contributed by atoms with E-state index in [9.17, 15) is 26.8 Å². The second-order valence-electron chi connectivity index (χ2n) is 5.38. The predicted molar refractivity (Wildman–Crippen MR) is 81.5 cm³/mol. The third-order valence-electron chi connectivity index (χ3n) is 3.71. The van der Waals surface area contributed by atoms with Gasteiger partial charge in [0.15, 0.2) is 28.1 Å². The lowest BCUT2D eigenvalue weighted by molar-refractivity contribution is -0.134. The zero-order chi connectivity index (χ0) is 18.1.